The van der Waals surface area contributed by atoms with Crippen LogP contribution in [0.4, 0.5) is 4.79 Å². The zero-order valence-electron chi connectivity index (χ0n) is 10.8. The molecule has 6 heteroatoms. The van der Waals surface area contributed by atoms with Crippen LogP contribution in [0.1, 0.15) is 23.2 Å². The Morgan fingerprint density at radius 3 is 2.95 bits per heavy atom. The summed E-state index contributed by atoms with van der Waals surface area (Å²) >= 11 is 3.33. The van der Waals surface area contributed by atoms with Crippen molar-refractivity contribution in [1.82, 2.24) is 10.2 Å². The van der Waals surface area contributed by atoms with E-state index >= 15 is 0 Å². The lowest BCUT2D eigenvalue weighted by atomic mass is 10.2. The lowest BCUT2D eigenvalue weighted by Crippen LogP contribution is -2.35. The molecule has 5 nitrogen and oxygen atoms in total. The standard InChI is InChI=1S/C14H15BrN2O3/c15-10-3-1-2-9(6-10)13(18)16-7-12-8-17(11-4-5-11)14(19)20-12/h1-3,6,11-12H,4-5,7-8H2,(H,16,18). The van der Waals surface area contributed by atoms with Crippen molar-refractivity contribution in [1.29, 1.82) is 0 Å². The fraction of sp³-hybridized carbons (Fsp3) is 0.429. The average Bonchev–Trinajstić information content (AvgIpc) is 3.20. The van der Waals surface area contributed by atoms with Crippen molar-refractivity contribution in [2.45, 2.75) is 25.0 Å². The average molecular weight is 339 g/mol. The van der Waals surface area contributed by atoms with Crippen LogP contribution in [0.3, 0.4) is 0 Å². The second kappa shape index (κ2) is 5.44. The highest BCUT2D eigenvalue weighted by atomic mass is 79.9. The van der Waals surface area contributed by atoms with E-state index in [4.69, 9.17) is 4.74 Å². The molecule has 1 atom stereocenters. The number of cyclic esters (lactones) is 1. The Bertz CT molecular complexity index is 545. The Hall–Kier alpha value is -1.56. The summed E-state index contributed by atoms with van der Waals surface area (Å²) in [6, 6.07) is 7.53. The maximum absolute atomic E-state index is 12.0. The molecule has 0 bridgehead atoms. The number of nitrogens with zero attached hydrogens (tertiary/aromatic N) is 1. The first kappa shape index (κ1) is 13.4. The van der Waals surface area contributed by atoms with E-state index < -0.39 is 0 Å². The number of rotatable bonds is 4. The number of halogens is 1. The van der Waals surface area contributed by atoms with Gasteiger partial charge in [0.25, 0.3) is 5.91 Å². The van der Waals surface area contributed by atoms with Crippen molar-refractivity contribution in [3.63, 3.8) is 0 Å². The van der Waals surface area contributed by atoms with Gasteiger partial charge in [-0.15, -0.1) is 0 Å². The number of hydrogen-bond donors (Lipinski definition) is 1. The van der Waals surface area contributed by atoms with Crippen molar-refractivity contribution < 1.29 is 14.3 Å². The van der Waals surface area contributed by atoms with E-state index in [0.717, 1.165) is 17.3 Å². The Labute approximate surface area is 125 Å². The molecule has 2 amide bonds. The highest BCUT2D eigenvalue weighted by Crippen LogP contribution is 2.30. The zero-order chi connectivity index (χ0) is 14.1. The van der Waals surface area contributed by atoms with Crippen LogP contribution in [-0.4, -0.2) is 42.1 Å². The van der Waals surface area contributed by atoms with Crippen molar-refractivity contribution in [3.8, 4) is 0 Å². The number of benzene rings is 1. The minimum Gasteiger partial charge on any atom is -0.442 e. The molecule has 1 aromatic carbocycles. The van der Waals surface area contributed by atoms with Gasteiger partial charge >= 0.3 is 6.09 Å². The number of ether oxygens (including phenoxy) is 1. The summed E-state index contributed by atoms with van der Waals surface area (Å²) in [5.74, 6) is -0.160. The predicted octanol–water partition coefficient (Wildman–Crippen LogP) is 2.16. The molecule has 1 saturated heterocycles. The third kappa shape index (κ3) is 2.95. The van der Waals surface area contributed by atoms with Gasteiger partial charge in [-0.05, 0) is 31.0 Å². The Morgan fingerprint density at radius 2 is 2.25 bits per heavy atom. The molecule has 1 aliphatic carbocycles. The largest absolute Gasteiger partial charge is 0.442 e. The van der Waals surface area contributed by atoms with Crippen molar-refractivity contribution >= 4 is 27.9 Å². The van der Waals surface area contributed by atoms with E-state index in [0.29, 0.717) is 24.7 Å². The molecule has 20 heavy (non-hydrogen) atoms. The maximum Gasteiger partial charge on any atom is 0.410 e. The van der Waals surface area contributed by atoms with Crippen LogP contribution in [0.25, 0.3) is 0 Å². The van der Waals surface area contributed by atoms with Gasteiger partial charge in [-0.3, -0.25) is 4.79 Å². The predicted molar refractivity (Wildman–Crippen MR) is 76.5 cm³/mol. The van der Waals surface area contributed by atoms with E-state index in [2.05, 4.69) is 21.2 Å². The minimum atomic E-state index is -0.255. The monoisotopic (exact) mass is 338 g/mol. The van der Waals surface area contributed by atoms with Crippen LogP contribution in [0.5, 0.6) is 0 Å². The van der Waals surface area contributed by atoms with Gasteiger partial charge in [-0.25, -0.2) is 4.79 Å². The maximum atomic E-state index is 12.0. The second-order valence-electron chi connectivity index (χ2n) is 5.11. The molecular weight excluding hydrogens is 324 g/mol. The summed E-state index contributed by atoms with van der Waals surface area (Å²) in [4.78, 5) is 25.3. The normalized spacial score (nSPS) is 21.8. The van der Waals surface area contributed by atoms with Crippen LogP contribution in [0, 0.1) is 0 Å². The molecule has 1 aromatic rings. The summed E-state index contributed by atoms with van der Waals surface area (Å²) in [6.07, 6.45) is 1.62. The molecule has 0 radical (unpaired) electrons. The van der Waals surface area contributed by atoms with Crippen LogP contribution in [0.2, 0.25) is 0 Å². The molecule has 2 aliphatic rings. The molecule has 1 N–H and O–H groups in total. The number of carbonyl (C=O) groups excluding carboxylic acids is 2. The summed E-state index contributed by atoms with van der Waals surface area (Å²) in [5.41, 5.74) is 0.586. The van der Waals surface area contributed by atoms with Gasteiger partial charge < -0.3 is 15.0 Å². The molecule has 1 aliphatic heterocycles. The van der Waals surface area contributed by atoms with Gasteiger partial charge in [0, 0.05) is 16.1 Å². The lowest BCUT2D eigenvalue weighted by Gasteiger charge is -2.11. The topological polar surface area (TPSA) is 58.6 Å². The first-order chi connectivity index (χ1) is 9.63. The fourth-order valence-corrected chi connectivity index (χ4v) is 2.67. The highest BCUT2D eigenvalue weighted by molar-refractivity contribution is 9.10. The summed E-state index contributed by atoms with van der Waals surface area (Å²) < 4.78 is 6.11. The number of amides is 2. The molecule has 0 aromatic heterocycles. The van der Waals surface area contributed by atoms with Gasteiger partial charge in [0.15, 0.2) is 0 Å². The summed E-state index contributed by atoms with van der Waals surface area (Å²) in [7, 11) is 0. The van der Waals surface area contributed by atoms with E-state index in [1.54, 1.807) is 17.0 Å². The third-order valence-corrected chi connectivity index (χ3v) is 3.96. The van der Waals surface area contributed by atoms with Gasteiger partial charge in [-0.1, -0.05) is 22.0 Å². The Balaban J connectivity index is 1.52. The Kier molecular flexibility index (Phi) is 3.65. The SMILES string of the molecule is O=C(NCC1CN(C2CC2)C(=O)O1)c1cccc(Br)c1. The zero-order valence-corrected chi connectivity index (χ0v) is 12.4. The van der Waals surface area contributed by atoms with E-state index in [9.17, 15) is 9.59 Å². The van der Waals surface area contributed by atoms with Gasteiger partial charge in [0.2, 0.25) is 0 Å². The first-order valence-corrected chi connectivity index (χ1v) is 7.44. The highest BCUT2D eigenvalue weighted by Gasteiger charge is 2.40. The van der Waals surface area contributed by atoms with Crippen molar-refractivity contribution in [3.05, 3.63) is 34.3 Å². The molecule has 1 heterocycles. The molecule has 1 unspecified atom stereocenters. The van der Waals surface area contributed by atoms with Crippen LogP contribution in [-0.2, 0) is 4.74 Å². The van der Waals surface area contributed by atoms with Gasteiger partial charge in [0.05, 0.1) is 13.1 Å². The van der Waals surface area contributed by atoms with Crippen LogP contribution < -0.4 is 5.32 Å². The van der Waals surface area contributed by atoms with Gasteiger partial charge in [-0.2, -0.15) is 0 Å². The summed E-state index contributed by atoms with van der Waals surface area (Å²) in [5, 5.41) is 2.80. The first-order valence-electron chi connectivity index (χ1n) is 6.64. The summed E-state index contributed by atoms with van der Waals surface area (Å²) in [6.45, 7) is 0.919. The van der Waals surface area contributed by atoms with Crippen molar-refractivity contribution in [2.75, 3.05) is 13.1 Å². The minimum absolute atomic E-state index is 0.160. The Morgan fingerprint density at radius 1 is 1.45 bits per heavy atom. The molecule has 2 fully saturated rings. The third-order valence-electron chi connectivity index (χ3n) is 3.47. The smallest absolute Gasteiger partial charge is 0.410 e. The number of hydrogen-bond acceptors (Lipinski definition) is 3. The van der Waals surface area contributed by atoms with Crippen LogP contribution in [0.15, 0.2) is 28.7 Å². The number of carbonyl (C=O) groups is 2. The molecular formula is C14H15BrN2O3. The van der Waals surface area contributed by atoms with E-state index in [1.807, 2.05) is 12.1 Å². The second-order valence-corrected chi connectivity index (χ2v) is 6.03. The van der Waals surface area contributed by atoms with Gasteiger partial charge in [0.1, 0.15) is 6.10 Å². The fourth-order valence-electron chi connectivity index (χ4n) is 2.27. The van der Waals surface area contributed by atoms with E-state index in [-0.39, 0.29) is 18.1 Å². The quantitative estimate of drug-likeness (QED) is 0.915. The molecule has 3 rings (SSSR count). The van der Waals surface area contributed by atoms with Crippen LogP contribution >= 0.6 is 15.9 Å². The molecule has 1 saturated carbocycles. The molecule has 106 valence electrons. The van der Waals surface area contributed by atoms with E-state index in [1.165, 1.54) is 0 Å². The number of nitrogens with one attached hydrogen (secondary N) is 1. The lowest BCUT2D eigenvalue weighted by molar-refractivity contribution is 0.0914. The molecule has 0 spiro atoms. The van der Waals surface area contributed by atoms with Crippen molar-refractivity contribution in [2.24, 2.45) is 0 Å².